The first-order valence-electron chi connectivity index (χ1n) is 9.39. The van der Waals surface area contributed by atoms with Gasteiger partial charge in [-0.2, -0.15) is 0 Å². The molecule has 0 spiro atoms. The van der Waals surface area contributed by atoms with Crippen LogP contribution < -0.4 is 20.5 Å². The van der Waals surface area contributed by atoms with Gasteiger partial charge in [0, 0.05) is 25.7 Å². The zero-order chi connectivity index (χ0) is 18.6. The molecule has 1 saturated heterocycles. The molecule has 6 heteroatoms. The fourth-order valence-corrected chi connectivity index (χ4v) is 3.75. The molecule has 142 valence electrons. The fourth-order valence-electron chi connectivity index (χ4n) is 3.75. The van der Waals surface area contributed by atoms with Crippen LogP contribution in [-0.2, 0) is 17.8 Å². The number of likely N-dealkylation sites (tertiary alicyclic amines) is 1. The molecule has 2 aromatic rings. The van der Waals surface area contributed by atoms with Crippen molar-refractivity contribution in [2.24, 2.45) is 5.73 Å². The molecule has 0 radical (unpaired) electrons. The topological polar surface area (TPSA) is 76.8 Å². The van der Waals surface area contributed by atoms with Crippen LogP contribution in [0, 0.1) is 0 Å². The summed E-state index contributed by atoms with van der Waals surface area (Å²) in [4.78, 5) is 14.9. The molecule has 1 fully saturated rings. The Morgan fingerprint density at radius 1 is 1.11 bits per heavy atom. The Balaban J connectivity index is 1.31. The Kier molecular flexibility index (Phi) is 5.27. The fraction of sp³-hybridized carbons (Fsp3) is 0.381. The molecule has 2 aliphatic heterocycles. The molecular weight excluding hydrogens is 342 g/mol. The second-order valence-electron chi connectivity index (χ2n) is 7.16. The van der Waals surface area contributed by atoms with E-state index in [2.05, 4.69) is 22.3 Å². The van der Waals surface area contributed by atoms with Crippen LogP contribution >= 0.6 is 0 Å². The summed E-state index contributed by atoms with van der Waals surface area (Å²) >= 11 is 0. The first kappa shape index (κ1) is 17.8. The van der Waals surface area contributed by atoms with Crippen LogP contribution in [0.25, 0.3) is 0 Å². The van der Waals surface area contributed by atoms with Crippen molar-refractivity contribution in [1.82, 2.24) is 10.2 Å². The van der Waals surface area contributed by atoms with Crippen LogP contribution in [-0.4, -0.2) is 42.8 Å². The number of nitrogens with zero attached hydrogens (tertiary/aromatic N) is 1. The van der Waals surface area contributed by atoms with E-state index in [0.29, 0.717) is 13.0 Å². The van der Waals surface area contributed by atoms with Crippen molar-refractivity contribution in [3.63, 3.8) is 0 Å². The van der Waals surface area contributed by atoms with Gasteiger partial charge in [-0.15, -0.1) is 0 Å². The number of nitrogens with one attached hydrogen (secondary N) is 1. The maximum atomic E-state index is 12.7. The van der Waals surface area contributed by atoms with E-state index >= 15 is 0 Å². The molecule has 0 unspecified atom stereocenters. The molecule has 2 heterocycles. The molecule has 0 aliphatic carbocycles. The molecule has 1 amide bonds. The minimum absolute atomic E-state index is 0.0401. The third-order valence-corrected chi connectivity index (χ3v) is 5.12. The summed E-state index contributed by atoms with van der Waals surface area (Å²) in [6, 6.07) is 16.0. The number of carbonyl (C=O) groups excluding carboxylic acids is 1. The van der Waals surface area contributed by atoms with Crippen molar-refractivity contribution in [3.8, 4) is 11.5 Å². The van der Waals surface area contributed by atoms with Gasteiger partial charge in [-0.1, -0.05) is 36.4 Å². The predicted molar refractivity (Wildman–Crippen MR) is 103 cm³/mol. The quantitative estimate of drug-likeness (QED) is 0.812. The van der Waals surface area contributed by atoms with Gasteiger partial charge in [-0.05, 0) is 36.1 Å². The smallest absolute Gasteiger partial charge is 0.237 e. The molecule has 0 saturated carbocycles. The van der Waals surface area contributed by atoms with Gasteiger partial charge in [-0.25, -0.2) is 0 Å². The van der Waals surface area contributed by atoms with Crippen LogP contribution in [0.5, 0.6) is 11.5 Å². The number of hydrogen-bond acceptors (Lipinski definition) is 5. The number of rotatable bonds is 6. The van der Waals surface area contributed by atoms with Gasteiger partial charge in [0.05, 0.1) is 6.04 Å². The highest BCUT2D eigenvalue weighted by atomic mass is 16.7. The molecule has 3 N–H and O–H groups in total. The first-order chi connectivity index (χ1) is 13.2. The lowest BCUT2D eigenvalue weighted by Gasteiger charge is -2.23. The van der Waals surface area contributed by atoms with Gasteiger partial charge in [0.25, 0.3) is 0 Å². The Labute approximate surface area is 159 Å². The Bertz CT molecular complexity index is 797. The number of benzene rings is 2. The Hall–Kier alpha value is -2.57. The summed E-state index contributed by atoms with van der Waals surface area (Å²) in [5.41, 5.74) is 8.44. The molecule has 0 bridgehead atoms. The second-order valence-corrected chi connectivity index (χ2v) is 7.16. The minimum atomic E-state index is -0.169. The highest BCUT2D eigenvalue weighted by molar-refractivity contribution is 5.82. The van der Waals surface area contributed by atoms with E-state index in [1.165, 1.54) is 5.56 Å². The lowest BCUT2D eigenvalue weighted by molar-refractivity contribution is -0.125. The normalized spacial score (nSPS) is 21.4. The highest BCUT2D eigenvalue weighted by Gasteiger charge is 2.34. The number of fused-ring (bicyclic) bond motifs is 1. The van der Waals surface area contributed by atoms with E-state index in [9.17, 15) is 4.79 Å². The molecule has 0 aromatic heterocycles. The summed E-state index contributed by atoms with van der Waals surface area (Å²) < 4.78 is 10.7. The SMILES string of the molecule is N[C@H]1C[C@@H](C(=O)NCCc2ccc3c(c2)OCO3)N(Cc2ccccc2)C1. The number of ether oxygens (including phenoxy) is 2. The average Bonchev–Trinajstić information content (AvgIpc) is 3.28. The van der Waals surface area contributed by atoms with Crippen molar-refractivity contribution in [2.45, 2.75) is 31.5 Å². The van der Waals surface area contributed by atoms with E-state index in [0.717, 1.165) is 36.6 Å². The van der Waals surface area contributed by atoms with Gasteiger partial charge >= 0.3 is 0 Å². The lowest BCUT2D eigenvalue weighted by atomic mass is 10.1. The lowest BCUT2D eigenvalue weighted by Crippen LogP contribution is -2.43. The molecule has 27 heavy (non-hydrogen) atoms. The Morgan fingerprint density at radius 3 is 2.78 bits per heavy atom. The highest BCUT2D eigenvalue weighted by Crippen LogP contribution is 2.32. The summed E-state index contributed by atoms with van der Waals surface area (Å²) in [5, 5.41) is 3.07. The summed E-state index contributed by atoms with van der Waals surface area (Å²) in [6.07, 6.45) is 1.45. The third kappa shape index (κ3) is 4.23. The summed E-state index contributed by atoms with van der Waals surface area (Å²) in [5.74, 6) is 1.61. The van der Waals surface area contributed by atoms with Crippen molar-refractivity contribution >= 4 is 5.91 Å². The van der Waals surface area contributed by atoms with E-state index in [4.69, 9.17) is 15.2 Å². The van der Waals surface area contributed by atoms with E-state index < -0.39 is 0 Å². The van der Waals surface area contributed by atoms with Crippen molar-refractivity contribution in [1.29, 1.82) is 0 Å². The van der Waals surface area contributed by atoms with Crippen LogP contribution in [0.1, 0.15) is 17.5 Å². The van der Waals surface area contributed by atoms with Gasteiger partial charge in [0.15, 0.2) is 11.5 Å². The predicted octanol–water partition coefficient (Wildman–Crippen LogP) is 1.68. The number of amides is 1. The van der Waals surface area contributed by atoms with Crippen LogP contribution in [0.3, 0.4) is 0 Å². The van der Waals surface area contributed by atoms with Crippen LogP contribution in [0.15, 0.2) is 48.5 Å². The molecule has 2 aromatic carbocycles. The van der Waals surface area contributed by atoms with E-state index in [1.54, 1.807) is 0 Å². The largest absolute Gasteiger partial charge is 0.454 e. The molecule has 2 atom stereocenters. The number of carbonyl (C=O) groups is 1. The average molecular weight is 367 g/mol. The van der Waals surface area contributed by atoms with Gasteiger partial charge in [0.2, 0.25) is 12.7 Å². The van der Waals surface area contributed by atoms with Crippen molar-refractivity contribution in [2.75, 3.05) is 19.9 Å². The van der Waals surface area contributed by atoms with Gasteiger partial charge in [0.1, 0.15) is 0 Å². The number of hydrogen-bond donors (Lipinski definition) is 2. The standard InChI is InChI=1S/C21H25N3O3/c22-17-11-18(24(13-17)12-16-4-2-1-3-5-16)21(25)23-9-8-15-6-7-19-20(10-15)27-14-26-19/h1-7,10,17-18H,8-9,11-14,22H2,(H,23,25)/t17-,18-/m0/s1. The maximum Gasteiger partial charge on any atom is 0.237 e. The van der Waals surface area contributed by atoms with Crippen LogP contribution in [0.4, 0.5) is 0 Å². The number of nitrogens with two attached hydrogens (primary N) is 1. The maximum absolute atomic E-state index is 12.7. The molecule has 4 rings (SSSR count). The van der Waals surface area contributed by atoms with Crippen molar-refractivity contribution < 1.29 is 14.3 Å². The van der Waals surface area contributed by atoms with E-state index in [-0.39, 0.29) is 24.8 Å². The van der Waals surface area contributed by atoms with Crippen LogP contribution in [0.2, 0.25) is 0 Å². The summed E-state index contributed by atoms with van der Waals surface area (Å²) in [6.45, 7) is 2.35. The molecule has 2 aliphatic rings. The Morgan fingerprint density at radius 2 is 1.93 bits per heavy atom. The zero-order valence-electron chi connectivity index (χ0n) is 15.3. The third-order valence-electron chi connectivity index (χ3n) is 5.12. The zero-order valence-corrected chi connectivity index (χ0v) is 15.3. The molecule has 6 nitrogen and oxygen atoms in total. The van der Waals surface area contributed by atoms with Gasteiger partial charge < -0.3 is 20.5 Å². The molecular formula is C21H25N3O3. The second kappa shape index (κ2) is 7.98. The van der Waals surface area contributed by atoms with E-state index in [1.807, 2.05) is 36.4 Å². The van der Waals surface area contributed by atoms with Crippen molar-refractivity contribution in [3.05, 3.63) is 59.7 Å². The minimum Gasteiger partial charge on any atom is -0.454 e. The first-order valence-corrected chi connectivity index (χ1v) is 9.39. The summed E-state index contributed by atoms with van der Waals surface area (Å²) in [7, 11) is 0. The monoisotopic (exact) mass is 367 g/mol. The van der Waals surface area contributed by atoms with Gasteiger partial charge in [-0.3, -0.25) is 9.69 Å².